The zero-order valence-electron chi connectivity index (χ0n) is 21.6. The first-order chi connectivity index (χ1) is 18.5. The van der Waals surface area contributed by atoms with Crippen molar-refractivity contribution in [1.29, 1.82) is 0 Å². The number of anilines is 3. The highest BCUT2D eigenvalue weighted by Gasteiger charge is 2.29. The van der Waals surface area contributed by atoms with Gasteiger partial charge in [-0.3, -0.25) is 4.79 Å². The molecule has 1 aliphatic carbocycles. The normalized spacial score (nSPS) is 12.5. The van der Waals surface area contributed by atoms with Crippen LogP contribution in [0.15, 0.2) is 48.5 Å². The van der Waals surface area contributed by atoms with E-state index in [1.807, 2.05) is 55.5 Å². The van der Waals surface area contributed by atoms with Crippen LogP contribution in [0, 0.1) is 6.92 Å². The van der Waals surface area contributed by atoms with E-state index in [-0.39, 0.29) is 18.5 Å². The minimum atomic E-state index is -0.382. The molecular weight excluding hydrogens is 518 g/mol. The summed E-state index contributed by atoms with van der Waals surface area (Å²) in [5, 5.41) is 7.48. The SMILES string of the molecule is CCOC(=O)c1c(NC(=O)c2sc(Nc3ccc(OC)cc3)nc2-c2ccc(C)cc2)sc2c1CCCC2. The fourth-order valence-electron chi connectivity index (χ4n) is 4.47. The molecule has 0 aliphatic heterocycles. The summed E-state index contributed by atoms with van der Waals surface area (Å²) in [6.07, 6.45) is 3.83. The molecule has 4 aromatic rings. The summed E-state index contributed by atoms with van der Waals surface area (Å²) in [5.41, 5.74) is 4.89. The molecule has 9 heteroatoms. The van der Waals surface area contributed by atoms with Gasteiger partial charge in [0.25, 0.3) is 5.91 Å². The van der Waals surface area contributed by atoms with Crippen LogP contribution in [0.5, 0.6) is 5.75 Å². The van der Waals surface area contributed by atoms with Crippen LogP contribution in [0.25, 0.3) is 11.3 Å². The average Bonchev–Trinajstić information content (AvgIpc) is 3.51. The van der Waals surface area contributed by atoms with Crippen molar-refractivity contribution in [1.82, 2.24) is 4.98 Å². The van der Waals surface area contributed by atoms with Crippen LogP contribution in [-0.2, 0) is 17.6 Å². The lowest BCUT2D eigenvalue weighted by Crippen LogP contribution is -2.15. The van der Waals surface area contributed by atoms with Gasteiger partial charge in [-0.05, 0) is 69.4 Å². The second-order valence-electron chi connectivity index (χ2n) is 9.01. The third-order valence-corrected chi connectivity index (χ3v) is 8.55. The number of thiazole rings is 1. The number of aryl methyl sites for hydroxylation is 2. The van der Waals surface area contributed by atoms with E-state index in [1.165, 1.54) is 22.7 Å². The minimum absolute atomic E-state index is 0.281. The average molecular weight is 548 g/mol. The van der Waals surface area contributed by atoms with E-state index >= 15 is 0 Å². The maximum Gasteiger partial charge on any atom is 0.341 e. The third kappa shape index (κ3) is 5.44. The van der Waals surface area contributed by atoms with Gasteiger partial charge in [-0.15, -0.1) is 11.3 Å². The molecule has 0 fully saturated rings. The van der Waals surface area contributed by atoms with Crippen molar-refractivity contribution in [2.75, 3.05) is 24.4 Å². The Labute approximate surface area is 229 Å². The minimum Gasteiger partial charge on any atom is -0.497 e. The van der Waals surface area contributed by atoms with Crippen molar-refractivity contribution in [2.24, 2.45) is 0 Å². The predicted octanol–water partition coefficient (Wildman–Crippen LogP) is 7.24. The number of rotatable bonds is 8. The van der Waals surface area contributed by atoms with Crippen molar-refractivity contribution < 1.29 is 19.1 Å². The van der Waals surface area contributed by atoms with Gasteiger partial charge in [0.1, 0.15) is 15.6 Å². The monoisotopic (exact) mass is 547 g/mol. The first-order valence-corrected chi connectivity index (χ1v) is 14.2. The van der Waals surface area contributed by atoms with Crippen LogP contribution in [0.1, 0.15) is 55.8 Å². The van der Waals surface area contributed by atoms with Crippen molar-refractivity contribution in [3.8, 4) is 17.0 Å². The topological polar surface area (TPSA) is 89.5 Å². The van der Waals surface area contributed by atoms with Crippen molar-refractivity contribution in [3.63, 3.8) is 0 Å². The molecule has 0 spiro atoms. The Balaban J connectivity index is 1.50. The van der Waals surface area contributed by atoms with Gasteiger partial charge in [-0.1, -0.05) is 41.2 Å². The number of hydrogen-bond acceptors (Lipinski definition) is 8. The molecule has 38 heavy (non-hydrogen) atoms. The molecule has 1 aliphatic rings. The number of fused-ring (bicyclic) bond motifs is 1. The van der Waals surface area contributed by atoms with Crippen LogP contribution >= 0.6 is 22.7 Å². The van der Waals surface area contributed by atoms with Crippen molar-refractivity contribution in [3.05, 3.63) is 75.0 Å². The van der Waals surface area contributed by atoms with Crippen molar-refractivity contribution >= 4 is 50.4 Å². The summed E-state index contributed by atoms with van der Waals surface area (Å²) in [6.45, 7) is 4.09. The van der Waals surface area contributed by atoms with Gasteiger partial charge in [0.15, 0.2) is 5.13 Å². The first kappa shape index (κ1) is 25.9. The summed E-state index contributed by atoms with van der Waals surface area (Å²) in [5.74, 6) is 0.0725. The number of hydrogen-bond donors (Lipinski definition) is 2. The van der Waals surface area contributed by atoms with Gasteiger partial charge in [0.05, 0.1) is 25.0 Å². The van der Waals surface area contributed by atoms with E-state index in [9.17, 15) is 9.59 Å². The highest BCUT2D eigenvalue weighted by molar-refractivity contribution is 7.19. The van der Waals surface area contributed by atoms with Gasteiger partial charge in [-0.25, -0.2) is 9.78 Å². The smallest absolute Gasteiger partial charge is 0.341 e. The fourth-order valence-corrected chi connectivity index (χ4v) is 6.64. The zero-order valence-corrected chi connectivity index (χ0v) is 23.2. The number of nitrogens with one attached hydrogen (secondary N) is 2. The summed E-state index contributed by atoms with van der Waals surface area (Å²) >= 11 is 2.75. The molecule has 2 heterocycles. The molecule has 0 saturated carbocycles. The van der Waals surface area contributed by atoms with Crippen LogP contribution in [0.3, 0.4) is 0 Å². The van der Waals surface area contributed by atoms with Gasteiger partial charge < -0.3 is 20.1 Å². The van der Waals surface area contributed by atoms with Crippen LogP contribution < -0.4 is 15.4 Å². The Morgan fingerprint density at radius 3 is 2.45 bits per heavy atom. The van der Waals surface area contributed by atoms with Crippen LogP contribution in [0.4, 0.5) is 15.8 Å². The lowest BCUT2D eigenvalue weighted by atomic mass is 9.95. The molecule has 0 atom stereocenters. The molecule has 2 aromatic carbocycles. The van der Waals surface area contributed by atoms with E-state index in [4.69, 9.17) is 14.5 Å². The number of methoxy groups -OCH3 is 1. The predicted molar refractivity (Wildman–Crippen MR) is 153 cm³/mol. The summed E-state index contributed by atoms with van der Waals surface area (Å²) in [7, 11) is 1.62. The molecule has 0 saturated heterocycles. The molecular formula is C29H29N3O4S2. The van der Waals surface area contributed by atoms with E-state index in [0.29, 0.717) is 26.3 Å². The quantitative estimate of drug-likeness (QED) is 0.226. The maximum absolute atomic E-state index is 13.7. The molecule has 0 unspecified atom stereocenters. The molecule has 196 valence electrons. The molecule has 5 rings (SSSR count). The standard InChI is InChI=1S/C29H29N3O4S2/c1-4-36-28(34)23-21-7-5-6-8-22(21)37-27(23)32-26(33)25-24(18-11-9-17(2)10-12-18)31-29(38-25)30-19-13-15-20(35-3)16-14-19/h9-16H,4-8H2,1-3H3,(H,30,31)(H,32,33). The number of ether oxygens (including phenoxy) is 2. The van der Waals surface area contributed by atoms with E-state index in [2.05, 4.69) is 10.6 Å². The Bertz CT molecular complexity index is 1460. The van der Waals surface area contributed by atoms with Crippen molar-refractivity contribution in [2.45, 2.75) is 39.5 Å². The lowest BCUT2D eigenvalue weighted by Gasteiger charge is -2.12. The number of carbonyl (C=O) groups is 2. The van der Waals surface area contributed by atoms with Gasteiger partial charge >= 0.3 is 5.97 Å². The maximum atomic E-state index is 13.7. The molecule has 2 aromatic heterocycles. The molecule has 1 amide bonds. The van der Waals surface area contributed by atoms with Gasteiger partial charge in [0.2, 0.25) is 0 Å². The Morgan fingerprint density at radius 1 is 1.00 bits per heavy atom. The Hall–Kier alpha value is -3.69. The van der Waals surface area contributed by atoms with E-state index in [1.54, 1.807) is 14.0 Å². The first-order valence-electron chi connectivity index (χ1n) is 12.6. The summed E-state index contributed by atoms with van der Waals surface area (Å²) < 4.78 is 10.6. The third-order valence-electron chi connectivity index (χ3n) is 6.38. The number of thiophene rings is 1. The largest absolute Gasteiger partial charge is 0.497 e. The Morgan fingerprint density at radius 2 is 1.74 bits per heavy atom. The molecule has 2 N–H and O–H groups in total. The summed E-state index contributed by atoms with van der Waals surface area (Å²) in [4.78, 5) is 33.0. The molecule has 7 nitrogen and oxygen atoms in total. The zero-order chi connectivity index (χ0) is 26.6. The van der Waals surface area contributed by atoms with Crippen LogP contribution in [0.2, 0.25) is 0 Å². The summed E-state index contributed by atoms with van der Waals surface area (Å²) in [6, 6.07) is 15.4. The van der Waals surface area contributed by atoms with Gasteiger partial charge in [0, 0.05) is 16.1 Å². The molecule has 0 bridgehead atoms. The number of esters is 1. The Kier molecular flexibility index (Phi) is 7.76. The number of nitrogens with zero attached hydrogens (tertiary/aromatic N) is 1. The number of aromatic nitrogens is 1. The second-order valence-corrected chi connectivity index (χ2v) is 11.1. The lowest BCUT2D eigenvalue weighted by molar-refractivity contribution is 0.0526. The van der Waals surface area contributed by atoms with Gasteiger partial charge in [-0.2, -0.15) is 0 Å². The number of carbonyl (C=O) groups excluding carboxylic acids is 2. The van der Waals surface area contributed by atoms with E-state index < -0.39 is 0 Å². The number of amides is 1. The van der Waals surface area contributed by atoms with E-state index in [0.717, 1.165) is 58.7 Å². The number of benzene rings is 2. The second kappa shape index (κ2) is 11.4. The fraction of sp³-hybridized carbons (Fsp3) is 0.276. The molecule has 0 radical (unpaired) electrons. The highest BCUT2D eigenvalue weighted by Crippen LogP contribution is 2.40. The highest BCUT2D eigenvalue weighted by atomic mass is 32.1. The van der Waals surface area contributed by atoms with Crippen LogP contribution in [-0.4, -0.2) is 30.6 Å².